The van der Waals surface area contributed by atoms with E-state index in [0.29, 0.717) is 45.6 Å². The highest BCUT2D eigenvalue weighted by atomic mass is 35.5. The summed E-state index contributed by atoms with van der Waals surface area (Å²) in [7, 11) is 0. The number of hydrogen-bond acceptors (Lipinski definition) is 4. The molecule has 0 aliphatic carbocycles. The lowest BCUT2D eigenvalue weighted by Gasteiger charge is -2.34. The minimum Gasteiger partial charge on any atom is -0.381 e. The van der Waals surface area contributed by atoms with Gasteiger partial charge in [-0.15, -0.1) is 12.4 Å². The van der Waals surface area contributed by atoms with Crippen molar-refractivity contribution in [2.45, 2.75) is 38.5 Å². The van der Waals surface area contributed by atoms with E-state index in [9.17, 15) is 9.59 Å². The summed E-state index contributed by atoms with van der Waals surface area (Å²) >= 11 is 0. The van der Waals surface area contributed by atoms with E-state index in [-0.39, 0.29) is 30.1 Å². The van der Waals surface area contributed by atoms with Crippen LogP contribution in [0.3, 0.4) is 0 Å². The van der Waals surface area contributed by atoms with Gasteiger partial charge < -0.3 is 21.1 Å². The Bertz CT molecular complexity index is 659. The molecule has 0 bridgehead atoms. The molecule has 7 heteroatoms. The van der Waals surface area contributed by atoms with E-state index < -0.39 is 5.41 Å². The number of anilines is 1. The van der Waals surface area contributed by atoms with Crippen LogP contribution in [0.1, 0.15) is 43.2 Å². The van der Waals surface area contributed by atoms with Gasteiger partial charge in [0.2, 0.25) is 11.8 Å². The van der Waals surface area contributed by atoms with Crippen LogP contribution in [0.25, 0.3) is 0 Å². The zero-order valence-corrected chi connectivity index (χ0v) is 16.0. The second-order valence-electron chi connectivity index (χ2n) is 6.96. The zero-order valence-electron chi connectivity index (χ0n) is 15.2. The predicted molar refractivity (Wildman–Crippen MR) is 104 cm³/mol. The highest BCUT2D eigenvalue weighted by molar-refractivity contribution is 6.03. The summed E-state index contributed by atoms with van der Waals surface area (Å²) in [6, 6.07) is 6.11. The molecule has 6 nitrogen and oxygen atoms in total. The van der Waals surface area contributed by atoms with Crippen LogP contribution in [0.4, 0.5) is 5.69 Å². The number of carbonyl (C=O) groups is 2. The number of amides is 2. The summed E-state index contributed by atoms with van der Waals surface area (Å²) in [6.45, 7) is 4.04. The Balaban J connectivity index is 0.00000243. The lowest BCUT2D eigenvalue weighted by Crippen LogP contribution is -2.49. The van der Waals surface area contributed by atoms with Crippen LogP contribution >= 0.6 is 12.4 Å². The van der Waals surface area contributed by atoms with Crippen molar-refractivity contribution >= 4 is 29.9 Å². The van der Waals surface area contributed by atoms with Crippen molar-refractivity contribution in [3.05, 3.63) is 29.3 Å². The molecule has 1 fully saturated rings. The van der Waals surface area contributed by atoms with Crippen LogP contribution in [0, 0.1) is 5.41 Å². The fourth-order valence-electron chi connectivity index (χ4n) is 3.69. The number of ether oxygens (including phenoxy) is 1. The zero-order chi connectivity index (χ0) is 17.9. The van der Waals surface area contributed by atoms with Gasteiger partial charge in [-0.2, -0.15) is 0 Å². The second kappa shape index (κ2) is 8.84. The number of hydrogen-bond donors (Lipinski definition) is 3. The summed E-state index contributed by atoms with van der Waals surface area (Å²) in [5.41, 5.74) is 8.49. The summed E-state index contributed by atoms with van der Waals surface area (Å²) in [4.78, 5) is 24.9. The molecule has 2 aliphatic heterocycles. The van der Waals surface area contributed by atoms with E-state index in [1.165, 1.54) is 5.56 Å². The quantitative estimate of drug-likeness (QED) is 0.702. The molecule has 4 N–H and O–H groups in total. The molecule has 144 valence electrons. The van der Waals surface area contributed by atoms with Crippen molar-refractivity contribution in [1.82, 2.24) is 5.32 Å². The van der Waals surface area contributed by atoms with E-state index in [2.05, 4.69) is 23.6 Å². The summed E-state index contributed by atoms with van der Waals surface area (Å²) < 4.78 is 5.35. The summed E-state index contributed by atoms with van der Waals surface area (Å²) in [5, 5.41) is 5.93. The topological polar surface area (TPSA) is 93.5 Å². The van der Waals surface area contributed by atoms with Gasteiger partial charge in [-0.1, -0.05) is 19.1 Å². The molecule has 0 aromatic heterocycles. The summed E-state index contributed by atoms with van der Waals surface area (Å²) in [6.07, 6.45) is 2.84. The SMILES string of the molecule is CCc1ccc2c(c1)C(CCNC(=O)C1(CN)CCOCC1)C(=O)N2.Cl. The van der Waals surface area contributed by atoms with Gasteiger partial charge in [0.05, 0.1) is 11.3 Å². The fraction of sp³-hybridized carbons (Fsp3) is 0.579. The maximum Gasteiger partial charge on any atom is 0.232 e. The monoisotopic (exact) mass is 381 g/mol. The van der Waals surface area contributed by atoms with E-state index in [1.54, 1.807) is 0 Å². The highest BCUT2D eigenvalue weighted by Crippen LogP contribution is 2.35. The molecule has 2 heterocycles. The molecule has 26 heavy (non-hydrogen) atoms. The number of nitrogens with two attached hydrogens (primary N) is 1. The molecule has 0 saturated carbocycles. The first-order valence-electron chi connectivity index (χ1n) is 9.09. The number of rotatable bonds is 6. The van der Waals surface area contributed by atoms with Gasteiger partial charge in [0.1, 0.15) is 0 Å². The van der Waals surface area contributed by atoms with Gasteiger partial charge in [0.15, 0.2) is 0 Å². The largest absolute Gasteiger partial charge is 0.381 e. The smallest absolute Gasteiger partial charge is 0.232 e. The number of halogens is 1. The molecule has 1 aromatic carbocycles. The number of fused-ring (bicyclic) bond motifs is 1. The van der Waals surface area contributed by atoms with Crippen molar-refractivity contribution in [3.63, 3.8) is 0 Å². The molecule has 1 aromatic rings. The Morgan fingerprint density at radius 1 is 1.38 bits per heavy atom. The first-order chi connectivity index (χ1) is 12.1. The van der Waals surface area contributed by atoms with Crippen LogP contribution in [-0.2, 0) is 20.7 Å². The molecular weight excluding hydrogens is 354 g/mol. The van der Waals surface area contributed by atoms with Gasteiger partial charge >= 0.3 is 0 Å². The third-order valence-electron chi connectivity index (χ3n) is 5.51. The minimum atomic E-state index is -0.524. The van der Waals surface area contributed by atoms with Gasteiger partial charge in [-0.25, -0.2) is 0 Å². The highest BCUT2D eigenvalue weighted by Gasteiger charge is 2.39. The van der Waals surface area contributed by atoms with Crippen LogP contribution in [0.2, 0.25) is 0 Å². The van der Waals surface area contributed by atoms with Gasteiger partial charge in [0, 0.05) is 32.0 Å². The third kappa shape index (κ3) is 4.03. The van der Waals surface area contributed by atoms with Crippen molar-refractivity contribution in [3.8, 4) is 0 Å². The van der Waals surface area contributed by atoms with E-state index >= 15 is 0 Å². The van der Waals surface area contributed by atoms with Crippen LogP contribution in [0.15, 0.2) is 18.2 Å². The Morgan fingerprint density at radius 3 is 2.77 bits per heavy atom. The normalized spacial score (nSPS) is 20.7. The van der Waals surface area contributed by atoms with Gasteiger partial charge in [-0.3, -0.25) is 9.59 Å². The van der Waals surface area contributed by atoms with Gasteiger partial charge in [-0.05, 0) is 42.9 Å². The van der Waals surface area contributed by atoms with Crippen molar-refractivity contribution < 1.29 is 14.3 Å². The number of carbonyl (C=O) groups excluding carboxylic acids is 2. The first-order valence-corrected chi connectivity index (χ1v) is 9.09. The van der Waals surface area contributed by atoms with E-state index in [0.717, 1.165) is 17.7 Å². The molecule has 1 atom stereocenters. The average Bonchev–Trinajstić information content (AvgIpc) is 2.96. The second-order valence-corrected chi connectivity index (χ2v) is 6.96. The van der Waals surface area contributed by atoms with Crippen molar-refractivity contribution in [2.75, 3.05) is 31.6 Å². The minimum absolute atomic E-state index is 0. The molecule has 2 aliphatic rings. The summed E-state index contributed by atoms with van der Waals surface area (Å²) in [5.74, 6) is -0.207. The Morgan fingerprint density at radius 2 is 2.12 bits per heavy atom. The molecule has 3 rings (SSSR count). The Kier molecular flexibility index (Phi) is 7.03. The third-order valence-corrected chi connectivity index (χ3v) is 5.51. The molecule has 0 spiro atoms. The lowest BCUT2D eigenvalue weighted by atomic mass is 9.79. The average molecular weight is 382 g/mol. The first kappa shape index (κ1) is 20.7. The maximum atomic E-state index is 12.6. The molecule has 0 radical (unpaired) electrons. The van der Waals surface area contributed by atoms with Gasteiger partial charge in [0.25, 0.3) is 0 Å². The molecule has 1 saturated heterocycles. The Labute approximate surface area is 160 Å². The van der Waals surface area contributed by atoms with Crippen molar-refractivity contribution in [1.29, 1.82) is 0 Å². The van der Waals surface area contributed by atoms with Crippen LogP contribution < -0.4 is 16.4 Å². The molecular formula is C19H28ClN3O3. The Hall–Kier alpha value is -1.63. The van der Waals surface area contributed by atoms with Crippen LogP contribution in [0.5, 0.6) is 0 Å². The van der Waals surface area contributed by atoms with E-state index in [4.69, 9.17) is 10.5 Å². The lowest BCUT2D eigenvalue weighted by molar-refractivity contribution is -0.136. The fourth-order valence-corrected chi connectivity index (χ4v) is 3.69. The molecule has 2 amide bonds. The van der Waals surface area contributed by atoms with Crippen LogP contribution in [-0.4, -0.2) is 38.1 Å². The standard InChI is InChI=1S/C19H27N3O3.ClH/c1-2-13-3-4-16-15(11-13)14(17(23)22-16)5-8-21-18(24)19(12-20)6-9-25-10-7-19;/h3-4,11,14H,2,5-10,12,20H2,1H3,(H,21,24)(H,22,23);1H. The molecule has 1 unspecified atom stereocenters. The number of benzene rings is 1. The van der Waals surface area contributed by atoms with Crippen molar-refractivity contribution in [2.24, 2.45) is 11.1 Å². The van der Waals surface area contributed by atoms with E-state index in [1.807, 2.05) is 12.1 Å². The number of aryl methyl sites for hydroxylation is 1. The predicted octanol–water partition coefficient (Wildman–Crippen LogP) is 1.97. The maximum absolute atomic E-state index is 12.6. The number of nitrogens with one attached hydrogen (secondary N) is 2.